The van der Waals surface area contributed by atoms with Gasteiger partial charge in [-0.25, -0.2) is 4.98 Å². The van der Waals surface area contributed by atoms with Gasteiger partial charge in [-0.3, -0.25) is 0 Å². The largest absolute Gasteiger partial charge is 0.354 e. The predicted molar refractivity (Wildman–Crippen MR) is 91.4 cm³/mol. The Balaban J connectivity index is 1.95. The van der Waals surface area contributed by atoms with E-state index in [1.165, 1.54) is 11.1 Å². The Morgan fingerprint density at radius 1 is 1.18 bits per heavy atom. The fourth-order valence-electron chi connectivity index (χ4n) is 3.03. The van der Waals surface area contributed by atoms with Crippen LogP contribution in [0.25, 0.3) is 0 Å². The fraction of sp³-hybridized carbons (Fsp3) is 0.444. The average molecular weight is 296 g/mol. The highest BCUT2D eigenvalue weighted by atomic mass is 15.2. The lowest BCUT2D eigenvalue weighted by molar-refractivity contribution is 0.586. The number of nitrogens with one attached hydrogen (secondary N) is 1. The average Bonchev–Trinajstić information content (AvgIpc) is 2.54. The highest BCUT2D eigenvalue weighted by molar-refractivity contribution is 5.49. The minimum absolute atomic E-state index is 0.448. The van der Waals surface area contributed by atoms with Crippen LogP contribution in [-0.4, -0.2) is 22.6 Å². The monoisotopic (exact) mass is 296 g/mol. The Hall–Kier alpha value is -2.10. The maximum atomic E-state index is 4.72. The van der Waals surface area contributed by atoms with Crippen molar-refractivity contribution in [2.45, 2.75) is 46.2 Å². The Morgan fingerprint density at radius 3 is 2.68 bits per heavy atom. The zero-order valence-electron chi connectivity index (χ0n) is 13.6. The smallest absolute Gasteiger partial charge is 0.224 e. The molecule has 4 nitrogen and oxygen atoms in total. The number of benzene rings is 1. The summed E-state index contributed by atoms with van der Waals surface area (Å²) in [4.78, 5) is 11.7. The van der Waals surface area contributed by atoms with Gasteiger partial charge >= 0.3 is 0 Å². The molecule has 0 unspecified atom stereocenters. The molecular weight excluding hydrogens is 272 g/mol. The molecule has 0 saturated heterocycles. The van der Waals surface area contributed by atoms with Crippen molar-refractivity contribution in [3.63, 3.8) is 0 Å². The molecule has 1 N–H and O–H groups in total. The van der Waals surface area contributed by atoms with Crippen molar-refractivity contribution in [2.24, 2.45) is 0 Å². The van der Waals surface area contributed by atoms with E-state index in [0.29, 0.717) is 6.04 Å². The fourth-order valence-corrected chi connectivity index (χ4v) is 3.03. The molecule has 0 amide bonds. The van der Waals surface area contributed by atoms with Crippen LogP contribution in [0.15, 0.2) is 30.3 Å². The maximum Gasteiger partial charge on any atom is 0.224 e. The molecule has 2 heterocycles. The SMILES string of the molecule is CCNc1nc(CC)cc(N2Cc3ccccc3C[C@H]2C)n1. The lowest BCUT2D eigenvalue weighted by Gasteiger charge is -2.36. The third-order valence-corrected chi connectivity index (χ3v) is 4.26. The molecule has 1 aromatic heterocycles. The summed E-state index contributed by atoms with van der Waals surface area (Å²) in [6, 6.07) is 11.3. The van der Waals surface area contributed by atoms with Crippen LogP contribution in [0.2, 0.25) is 0 Å². The van der Waals surface area contributed by atoms with Gasteiger partial charge < -0.3 is 10.2 Å². The van der Waals surface area contributed by atoms with Crippen molar-refractivity contribution in [1.29, 1.82) is 0 Å². The minimum atomic E-state index is 0.448. The molecule has 116 valence electrons. The van der Waals surface area contributed by atoms with Crippen LogP contribution in [-0.2, 0) is 19.4 Å². The maximum absolute atomic E-state index is 4.72. The molecule has 4 heteroatoms. The van der Waals surface area contributed by atoms with E-state index in [4.69, 9.17) is 4.98 Å². The molecule has 1 aromatic carbocycles. The molecule has 0 spiro atoms. The van der Waals surface area contributed by atoms with E-state index >= 15 is 0 Å². The van der Waals surface area contributed by atoms with Crippen LogP contribution >= 0.6 is 0 Å². The Kier molecular flexibility index (Phi) is 4.27. The zero-order valence-corrected chi connectivity index (χ0v) is 13.6. The molecule has 0 bridgehead atoms. The van der Waals surface area contributed by atoms with Crippen LogP contribution in [0.5, 0.6) is 0 Å². The molecule has 0 radical (unpaired) electrons. The molecule has 0 fully saturated rings. The van der Waals surface area contributed by atoms with E-state index in [1.807, 2.05) is 0 Å². The van der Waals surface area contributed by atoms with E-state index < -0.39 is 0 Å². The van der Waals surface area contributed by atoms with Crippen molar-refractivity contribution < 1.29 is 0 Å². The summed E-state index contributed by atoms with van der Waals surface area (Å²) in [5, 5.41) is 3.25. The first-order valence-corrected chi connectivity index (χ1v) is 8.16. The zero-order chi connectivity index (χ0) is 15.5. The van der Waals surface area contributed by atoms with E-state index in [9.17, 15) is 0 Å². The van der Waals surface area contributed by atoms with Gasteiger partial charge in [-0.1, -0.05) is 31.2 Å². The van der Waals surface area contributed by atoms with Crippen molar-refractivity contribution in [3.8, 4) is 0 Å². The summed E-state index contributed by atoms with van der Waals surface area (Å²) in [6.07, 6.45) is 1.99. The van der Waals surface area contributed by atoms with E-state index in [1.54, 1.807) is 0 Å². The van der Waals surface area contributed by atoms with Gasteiger partial charge in [0.15, 0.2) is 0 Å². The lowest BCUT2D eigenvalue weighted by atomic mass is 9.95. The quantitative estimate of drug-likeness (QED) is 0.938. The van der Waals surface area contributed by atoms with Crippen molar-refractivity contribution in [2.75, 3.05) is 16.8 Å². The third-order valence-electron chi connectivity index (χ3n) is 4.26. The number of aromatic nitrogens is 2. The lowest BCUT2D eigenvalue weighted by Crippen LogP contribution is -2.39. The molecule has 1 aliphatic heterocycles. The summed E-state index contributed by atoms with van der Waals surface area (Å²) in [6.45, 7) is 8.24. The van der Waals surface area contributed by atoms with Gasteiger partial charge in [0.25, 0.3) is 0 Å². The Morgan fingerprint density at radius 2 is 1.95 bits per heavy atom. The van der Waals surface area contributed by atoms with Gasteiger partial charge in [0.2, 0.25) is 5.95 Å². The number of hydrogen-bond donors (Lipinski definition) is 1. The summed E-state index contributed by atoms with van der Waals surface area (Å²) in [7, 11) is 0. The second kappa shape index (κ2) is 6.34. The summed E-state index contributed by atoms with van der Waals surface area (Å²) in [5.41, 5.74) is 3.96. The first-order chi connectivity index (χ1) is 10.7. The molecule has 2 aromatic rings. The van der Waals surface area contributed by atoms with Crippen LogP contribution in [0.4, 0.5) is 11.8 Å². The Labute approximate surface area is 132 Å². The van der Waals surface area contributed by atoms with Gasteiger partial charge in [-0.15, -0.1) is 0 Å². The van der Waals surface area contributed by atoms with Gasteiger partial charge in [-0.05, 0) is 37.8 Å². The molecule has 0 saturated carbocycles. The minimum Gasteiger partial charge on any atom is -0.354 e. The highest BCUT2D eigenvalue weighted by Gasteiger charge is 2.24. The van der Waals surface area contributed by atoms with Gasteiger partial charge in [0.05, 0.1) is 0 Å². The van der Waals surface area contributed by atoms with E-state index in [-0.39, 0.29) is 0 Å². The second-order valence-electron chi connectivity index (χ2n) is 5.87. The summed E-state index contributed by atoms with van der Waals surface area (Å²) >= 11 is 0. The van der Waals surface area contributed by atoms with Gasteiger partial charge in [0, 0.05) is 30.9 Å². The van der Waals surface area contributed by atoms with Crippen molar-refractivity contribution in [3.05, 3.63) is 47.2 Å². The standard InChI is InChI=1S/C18H24N4/c1-4-16-11-17(21-18(20-16)19-5-2)22-12-15-9-7-6-8-14(15)10-13(22)3/h6-9,11,13H,4-5,10,12H2,1-3H3,(H,19,20,21)/t13-/m1/s1. The first-order valence-electron chi connectivity index (χ1n) is 8.16. The number of aryl methyl sites for hydroxylation is 1. The summed E-state index contributed by atoms with van der Waals surface area (Å²) in [5.74, 6) is 1.77. The Bertz CT molecular complexity index is 653. The molecule has 22 heavy (non-hydrogen) atoms. The highest BCUT2D eigenvalue weighted by Crippen LogP contribution is 2.28. The van der Waals surface area contributed by atoms with Gasteiger partial charge in [0.1, 0.15) is 5.82 Å². The number of hydrogen-bond acceptors (Lipinski definition) is 4. The van der Waals surface area contributed by atoms with Crippen LogP contribution in [0, 0.1) is 0 Å². The third kappa shape index (κ3) is 2.91. The molecule has 1 aliphatic rings. The van der Waals surface area contributed by atoms with E-state index in [0.717, 1.165) is 43.4 Å². The second-order valence-corrected chi connectivity index (χ2v) is 5.87. The molecular formula is C18H24N4. The van der Waals surface area contributed by atoms with Gasteiger partial charge in [-0.2, -0.15) is 4.98 Å². The van der Waals surface area contributed by atoms with E-state index in [2.05, 4.69) is 66.3 Å². The van der Waals surface area contributed by atoms with Crippen LogP contribution in [0.1, 0.15) is 37.6 Å². The normalized spacial score (nSPS) is 17.2. The van der Waals surface area contributed by atoms with Crippen LogP contribution in [0.3, 0.4) is 0 Å². The predicted octanol–water partition coefficient (Wildman–Crippen LogP) is 3.42. The number of fused-ring (bicyclic) bond motifs is 1. The number of rotatable bonds is 4. The summed E-state index contributed by atoms with van der Waals surface area (Å²) < 4.78 is 0. The van der Waals surface area contributed by atoms with Crippen LogP contribution < -0.4 is 10.2 Å². The number of anilines is 2. The molecule has 3 rings (SSSR count). The molecule has 0 aliphatic carbocycles. The van der Waals surface area contributed by atoms with Crippen molar-refractivity contribution >= 4 is 11.8 Å². The molecule has 1 atom stereocenters. The van der Waals surface area contributed by atoms with Crippen molar-refractivity contribution in [1.82, 2.24) is 9.97 Å². The topological polar surface area (TPSA) is 41.1 Å². The number of nitrogens with zero attached hydrogens (tertiary/aromatic N) is 3. The first kappa shape index (κ1) is 14.8.